The quantitative estimate of drug-likeness (QED) is 0.279. The molecule has 0 aromatic heterocycles. The monoisotopic (exact) mass is 474 g/mol. The van der Waals surface area contributed by atoms with E-state index in [1.54, 1.807) is 0 Å². The van der Waals surface area contributed by atoms with Crippen LogP contribution >= 0.6 is 22.6 Å². The molecule has 14 heteroatoms. The van der Waals surface area contributed by atoms with Crippen molar-refractivity contribution < 1.29 is 57.1 Å². The summed E-state index contributed by atoms with van der Waals surface area (Å²) in [5.74, 6) is -36.4. The Labute approximate surface area is 127 Å². The van der Waals surface area contributed by atoms with Crippen LogP contribution in [0.1, 0.15) is 6.92 Å². The third-order valence-electron chi connectivity index (χ3n) is 2.46. The maximum atomic E-state index is 13.0. The van der Waals surface area contributed by atoms with Crippen LogP contribution in [0.25, 0.3) is 0 Å². The van der Waals surface area contributed by atoms with Gasteiger partial charge >= 0.3 is 35.8 Å². The van der Waals surface area contributed by atoms with E-state index in [9.17, 15) is 57.1 Å². The summed E-state index contributed by atoms with van der Waals surface area (Å²) >= 11 is 0.398. The Balaban J connectivity index is 6.24. The first-order valence-corrected chi connectivity index (χ1v) is 6.04. The van der Waals surface area contributed by atoms with Crippen molar-refractivity contribution in [3.8, 4) is 0 Å². The van der Waals surface area contributed by atoms with Crippen LogP contribution in [-0.4, -0.2) is 39.7 Å². The maximum absolute atomic E-state index is 13.0. The summed E-state index contributed by atoms with van der Waals surface area (Å²) in [6, 6.07) is 0. The first-order chi connectivity index (χ1) is 9.19. The molecule has 0 unspecified atom stereocenters. The Morgan fingerprint density at radius 3 is 1.05 bits per heavy atom. The van der Waals surface area contributed by atoms with Gasteiger partial charge in [0.1, 0.15) is 0 Å². The van der Waals surface area contributed by atoms with Gasteiger partial charge in [0.15, 0.2) is 0 Å². The van der Waals surface area contributed by atoms with Crippen LogP contribution in [0.15, 0.2) is 0 Å². The van der Waals surface area contributed by atoms with Crippen LogP contribution in [0.2, 0.25) is 0 Å². The summed E-state index contributed by atoms with van der Waals surface area (Å²) in [6.45, 7) is 0.143. The van der Waals surface area contributed by atoms with E-state index in [1.807, 2.05) is 0 Å². The van der Waals surface area contributed by atoms with Crippen LogP contribution in [0.5, 0.6) is 0 Å². The molecule has 0 heterocycles. The zero-order chi connectivity index (χ0) is 18.6. The molecule has 0 saturated carbocycles. The third-order valence-corrected chi connectivity index (χ3v) is 3.24. The Bertz CT molecular complexity index is 407. The van der Waals surface area contributed by atoms with Gasteiger partial charge in [-0.2, -0.15) is 57.1 Å². The first kappa shape index (κ1) is 21.8. The van der Waals surface area contributed by atoms with Crippen molar-refractivity contribution in [1.82, 2.24) is 0 Å². The highest BCUT2D eigenvalue weighted by molar-refractivity contribution is 14.1. The van der Waals surface area contributed by atoms with Gasteiger partial charge in [-0.15, -0.1) is 0 Å². The molecule has 0 rings (SSSR count). The highest BCUT2D eigenvalue weighted by Crippen LogP contribution is 2.61. The minimum absolute atomic E-state index is 0.143. The van der Waals surface area contributed by atoms with Crippen LogP contribution in [0, 0.1) is 0 Å². The lowest BCUT2D eigenvalue weighted by Gasteiger charge is -2.40. The molecule has 0 fully saturated rings. The summed E-state index contributed by atoms with van der Waals surface area (Å²) in [5.41, 5.74) is 0. The number of halogens is 14. The number of hydrogen-bond acceptors (Lipinski definition) is 0. The van der Waals surface area contributed by atoms with Crippen LogP contribution in [-0.2, 0) is 0 Å². The van der Waals surface area contributed by atoms with E-state index in [-0.39, 0.29) is 6.92 Å². The molecule has 1 atom stereocenters. The standard InChI is InChI=1S/C8H4F13I/c1-2(22)3(9,10)4(11,12)5(13,14)6(15,16)7(17,18)8(19,20)21/h2H,1H3/t2-/m0/s1. The van der Waals surface area contributed by atoms with Crippen molar-refractivity contribution in [2.45, 2.75) is 46.6 Å². The summed E-state index contributed by atoms with van der Waals surface area (Å²) in [5, 5.41) is 0. The minimum Gasteiger partial charge on any atom is -0.198 e. The number of rotatable bonds is 5. The molecule has 0 aromatic carbocycles. The molecule has 0 radical (unpaired) electrons. The molecule has 22 heavy (non-hydrogen) atoms. The largest absolute Gasteiger partial charge is 0.460 e. The van der Waals surface area contributed by atoms with Gasteiger partial charge in [0.05, 0.1) is 3.92 Å². The van der Waals surface area contributed by atoms with E-state index in [1.165, 1.54) is 0 Å². The second-order valence-electron chi connectivity index (χ2n) is 4.03. The van der Waals surface area contributed by atoms with Crippen molar-refractivity contribution in [3.63, 3.8) is 0 Å². The Kier molecular flexibility index (Phi) is 5.38. The third kappa shape index (κ3) is 2.72. The average Bonchev–Trinajstić information content (AvgIpc) is 2.25. The minimum atomic E-state index is -7.82. The highest BCUT2D eigenvalue weighted by Gasteiger charge is 2.91. The van der Waals surface area contributed by atoms with E-state index in [0.717, 1.165) is 0 Å². The average molecular weight is 474 g/mol. The Hall–Kier alpha value is -0.180. The SMILES string of the molecule is C[C@H](I)C(F)(F)C(F)(F)C(F)(F)C(F)(F)C(F)(F)C(F)(F)F. The molecular formula is C8H4F13I. The second kappa shape index (κ2) is 5.43. The predicted molar refractivity (Wildman–Crippen MR) is 54.3 cm³/mol. The smallest absolute Gasteiger partial charge is 0.198 e. The van der Waals surface area contributed by atoms with Gasteiger partial charge in [-0.3, -0.25) is 0 Å². The fourth-order valence-electron chi connectivity index (χ4n) is 1.03. The van der Waals surface area contributed by atoms with E-state index in [2.05, 4.69) is 0 Å². The lowest BCUT2D eigenvalue weighted by Crippen LogP contribution is -2.71. The number of alkyl halides is 14. The van der Waals surface area contributed by atoms with Gasteiger partial charge < -0.3 is 0 Å². The maximum Gasteiger partial charge on any atom is 0.460 e. The van der Waals surface area contributed by atoms with Crippen molar-refractivity contribution in [1.29, 1.82) is 0 Å². The van der Waals surface area contributed by atoms with Gasteiger partial charge in [0.25, 0.3) is 0 Å². The van der Waals surface area contributed by atoms with Crippen LogP contribution in [0.4, 0.5) is 57.1 Å². The molecule has 0 aliphatic carbocycles. The van der Waals surface area contributed by atoms with E-state index in [4.69, 9.17) is 0 Å². The van der Waals surface area contributed by atoms with E-state index >= 15 is 0 Å². The zero-order valence-corrected chi connectivity index (χ0v) is 12.0. The second-order valence-corrected chi connectivity index (χ2v) is 5.90. The molecule has 0 nitrogen and oxygen atoms in total. The topological polar surface area (TPSA) is 0 Å². The van der Waals surface area contributed by atoms with E-state index < -0.39 is 39.7 Å². The normalized spacial score (nSPS) is 17.6. The molecule has 0 aromatic rings. The zero-order valence-electron chi connectivity index (χ0n) is 9.87. The summed E-state index contributed by atoms with van der Waals surface area (Å²) < 4.78 is 160. The van der Waals surface area contributed by atoms with Crippen molar-refractivity contribution in [2.75, 3.05) is 0 Å². The van der Waals surface area contributed by atoms with Crippen molar-refractivity contribution in [3.05, 3.63) is 0 Å². The van der Waals surface area contributed by atoms with E-state index in [0.29, 0.717) is 22.6 Å². The van der Waals surface area contributed by atoms with Gasteiger partial charge in [-0.05, 0) is 6.92 Å². The predicted octanol–water partition coefficient (Wildman–Crippen LogP) is 5.55. The Morgan fingerprint density at radius 1 is 0.545 bits per heavy atom. The van der Waals surface area contributed by atoms with Crippen molar-refractivity contribution in [2.24, 2.45) is 0 Å². The molecule has 134 valence electrons. The molecule has 0 spiro atoms. The molecule has 0 N–H and O–H groups in total. The number of hydrogen-bond donors (Lipinski definition) is 0. The fraction of sp³-hybridized carbons (Fsp3) is 1.00. The molecule has 0 aliphatic heterocycles. The van der Waals surface area contributed by atoms with Gasteiger partial charge in [-0.25, -0.2) is 0 Å². The lowest BCUT2D eigenvalue weighted by molar-refractivity contribution is -0.439. The van der Waals surface area contributed by atoms with Crippen LogP contribution < -0.4 is 0 Å². The van der Waals surface area contributed by atoms with Crippen LogP contribution in [0.3, 0.4) is 0 Å². The van der Waals surface area contributed by atoms with Gasteiger partial charge in [-0.1, -0.05) is 22.6 Å². The summed E-state index contributed by atoms with van der Waals surface area (Å²) in [4.78, 5) is 0. The van der Waals surface area contributed by atoms with Gasteiger partial charge in [0, 0.05) is 0 Å². The highest BCUT2D eigenvalue weighted by atomic mass is 127. The lowest BCUT2D eigenvalue weighted by atomic mass is 9.93. The summed E-state index contributed by atoms with van der Waals surface area (Å²) in [6.07, 6.45) is -7.37. The molecular weight excluding hydrogens is 470 g/mol. The molecule has 0 bridgehead atoms. The molecule has 0 amide bonds. The molecule has 0 aliphatic rings. The van der Waals surface area contributed by atoms with Gasteiger partial charge in [0.2, 0.25) is 0 Å². The first-order valence-electron chi connectivity index (χ1n) is 4.79. The Morgan fingerprint density at radius 2 is 0.818 bits per heavy atom. The molecule has 0 saturated heterocycles. The fourth-order valence-corrected chi connectivity index (χ4v) is 1.42. The van der Waals surface area contributed by atoms with Crippen molar-refractivity contribution >= 4 is 22.6 Å². The summed E-state index contributed by atoms with van der Waals surface area (Å²) in [7, 11) is 0.